The summed E-state index contributed by atoms with van der Waals surface area (Å²) < 4.78 is 0. The summed E-state index contributed by atoms with van der Waals surface area (Å²) in [4.78, 5) is 34.8. The van der Waals surface area contributed by atoms with E-state index in [0.717, 1.165) is 0 Å². The largest absolute Gasteiger partial charge is 0.369 e. The van der Waals surface area contributed by atoms with E-state index in [-0.39, 0.29) is 25.4 Å². The number of carbonyl (C=O) groups excluding carboxylic acids is 3. The zero-order valence-electron chi connectivity index (χ0n) is 9.83. The molecule has 0 saturated carbocycles. The van der Waals surface area contributed by atoms with Gasteiger partial charge in [-0.15, -0.1) is 0 Å². The Kier molecular flexibility index (Phi) is 5.01. The molecule has 4 N–H and O–H groups in total. The molecule has 0 heterocycles. The Balaban J connectivity index is 2.68. The molecule has 0 unspecified atom stereocenters. The van der Waals surface area contributed by atoms with Gasteiger partial charge in [0.15, 0.2) is 5.78 Å². The number of ketones is 1. The van der Waals surface area contributed by atoms with Crippen molar-refractivity contribution >= 4 is 17.6 Å². The van der Waals surface area contributed by atoms with E-state index in [9.17, 15) is 14.4 Å². The van der Waals surface area contributed by atoms with E-state index in [2.05, 4.69) is 0 Å². The molecule has 0 spiro atoms. The molecule has 1 aromatic rings. The van der Waals surface area contributed by atoms with E-state index in [4.69, 9.17) is 11.5 Å². The van der Waals surface area contributed by atoms with Crippen molar-refractivity contribution in [2.75, 3.05) is 19.6 Å². The van der Waals surface area contributed by atoms with Gasteiger partial charge in [0.2, 0.25) is 11.8 Å². The maximum Gasteiger partial charge on any atom is 0.231 e. The van der Waals surface area contributed by atoms with Crippen LogP contribution < -0.4 is 11.5 Å². The van der Waals surface area contributed by atoms with Crippen molar-refractivity contribution in [3.8, 4) is 0 Å². The third-order valence-corrected chi connectivity index (χ3v) is 2.22. The van der Waals surface area contributed by atoms with Crippen LogP contribution in [0.4, 0.5) is 0 Å². The fourth-order valence-corrected chi connectivity index (χ4v) is 1.53. The van der Waals surface area contributed by atoms with Crippen molar-refractivity contribution in [1.29, 1.82) is 0 Å². The second-order valence-corrected chi connectivity index (χ2v) is 3.87. The number of Topliss-reactive ketones (excluding diaryl/α,β-unsaturated/α-hetero) is 1. The van der Waals surface area contributed by atoms with Crippen molar-refractivity contribution in [3.05, 3.63) is 35.9 Å². The maximum atomic E-state index is 11.9. The molecular formula is C12H15N3O3. The fraction of sp³-hybridized carbons (Fsp3) is 0.250. The molecule has 1 rings (SSSR count). The first-order valence-corrected chi connectivity index (χ1v) is 5.36. The van der Waals surface area contributed by atoms with Gasteiger partial charge >= 0.3 is 0 Å². The van der Waals surface area contributed by atoms with Gasteiger partial charge in [-0.3, -0.25) is 19.3 Å². The third kappa shape index (κ3) is 4.75. The van der Waals surface area contributed by atoms with E-state index in [1.54, 1.807) is 30.3 Å². The summed E-state index contributed by atoms with van der Waals surface area (Å²) in [6, 6.07) is 8.59. The topological polar surface area (TPSA) is 106 Å². The lowest BCUT2D eigenvalue weighted by Gasteiger charge is -2.17. The zero-order valence-corrected chi connectivity index (χ0v) is 9.83. The van der Waals surface area contributed by atoms with E-state index < -0.39 is 11.8 Å². The Labute approximate surface area is 105 Å². The highest BCUT2D eigenvalue weighted by Crippen LogP contribution is 2.01. The first-order chi connectivity index (χ1) is 8.49. The molecule has 0 saturated heterocycles. The van der Waals surface area contributed by atoms with Crippen LogP contribution >= 0.6 is 0 Å². The zero-order chi connectivity index (χ0) is 13.5. The second-order valence-electron chi connectivity index (χ2n) is 3.87. The highest BCUT2D eigenvalue weighted by molar-refractivity contribution is 5.98. The molecule has 6 nitrogen and oxygen atoms in total. The summed E-state index contributed by atoms with van der Waals surface area (Å²) in [6.07, 6.45) is 0. The summed E-state index contributed by atoms with van der Waals surface area (Å²) in [6.45, 7) is -0.432. The number of hydrogen-bond acceptors (Lipinski definition) is 4. The number of amides is 2. The number of nitrogens with two attached hydrogens (primary N) is 2. The van der Waals surface area contributed by atoms with Gasteiger partial charge in [0, 0.05) is 5.56 Å². The van der Waals surface area contributed by atoms with E-state index in [1.165, 1.54) is 4.90 Å². The predicted molar refractivity (Wildman–Crippen MR) is 65.6 cm³/mol. The summed E-state index contributed by atoms with van der Waals surface area (Å²) in [5.74, 6) is -1.42. The molecule has 2 amide bonds. The average Bonchev–Trinajstić information content (AvgIpc) is 2.28. The lowest BCUT2D eigenvalue weighted by atomic mass is 10.1. The van der Waals surface area contributed by atoms with Crippen molar-refractivity contribution in [1.82, 2.24) is 4.90 Å². The Morgan fingerprint density at radius 3 is 1.83 bits per heavy atom. The lowest BCUT2D eigenvalue weighted by Crippen LogP contribution is -2.42. The summed E-state index contributed by atoms with van der Waals surface area (Å²) in [5.41, 5.74) is 10.6. The van der Waals surface area contributed by atoms with Crippen LogP contribution in [0.1, 0.15) is 10.4 Å². The van der Waals surface area contributed by atoms with Crippen LogP contribution in [0.15, 0.2) is 30.3 Å². The van der Waals surface area contributed by atoms with Crippen LogP contribution in [0.3, 0.4) is 0 Å². The number of hydrogen-bond donors (Lipinski definition) is 2. The lowest BCUT2D eigenvalue weighted by molar-refractivity contribution is -0.121. The molecule has 0 radical (unpaired) electrons. The van der Waals surface area contributed by atoms with Gasteiger partial charge in [0.05, 0.1) is 19.6 Å². The van der Waals surface area contributed by atoms with Crippen molar-refractivity contribution in [2.45, 2.75) is 0 Å². The normalized spacial score (nSPS) is 10.3. The van der Waals surface area contributed by atoms with Crippen LogP contribution in [0.25, 0.3) is 0 Å². The van der Waals surface area contributed by atoms with Gasteiger partial charge in [0.25, 0.3) is 0 Å². The minimum absolute atomic E-state index is 0.0735. The van der Waals surface area contributed by atoms with Crippen LogP contribution in [-0.4, -0.2) is 42.1 Å². The van der Waals surface area contributed by atoms with Crippen molar-refractivity contribution in [3.63, 3.8) is 0 Å². The molecule has 0 bridgehead atoms. The Hall–Kier alpha value is -2.21. The Morgan fingerprint density at radius 1 is 0.889 bits per heavy atom. The molecule has 0 fully saturated rings. The highest BCUT2D eigenvalue weighted by atomic mass is 16.2. The molecule has 0 aliphatic rings. The van der Waals surface area contributed by atoms with E-state index in [1.807, 2.05) is 0 Å². The van der Waals surface area contributed by atoms with E-state index >= 15 is 0 Å². The SMILES string of the molecule is NC(=O)CN(CC(N)=O)CC(=O)c1ccccc1. The van der Waals surface area contributed by atoms with Gasteiger partial charge in [0.1, 0.15) is 0 Å². The van der Waals surface area contributed by atoms with E-state index in [0.29, 0.717) is 5.56 Å². The molecule has 0 aliphatic heterocycles. The van der Waals surface area contributed by atoms with Crippen LogP contribution in [0.2, 0.25) is 0 Å². The van der Waals surface area contributed by atoms with Gasteiger partial charge in [-0.1, -0.05) is 30.3 Å². The minimum atomic E-state index is -0.614. The fourth-order valence-electron chi connectivity index (χ4n) is 1.53. The molecule has 0 atom stereocenters. The summed E-state index contributed by atoms with van der Waals surface area (Å²) >= 11 is 0. The minimum Gasteiger partial charge on any atom is -0.369 e. The van der Waals surface area contributed by atoms with Crippen LogP contribution in [0.5, 0.6) is 0 Å². The Bertz CT molecular complexity index is 429. The first-order valence-electron chi connectivity index (χ1n) is 5.36. The van der Waals surface area contributed by atoms with Crippen molar-refractivity contribution in [2.24, 2.45) is 11.5 Å². The molecule has 0 aromatic heterocycles. The Morgan fingerprint density at radius 2 is 1.39 bits per heavy atom. The smallest absolute Gasteiger partial charge is 0.231 e. The predicted octanol–water partition coefficient (Wildman–Crippen LogP) is -0.858. The number of benzene rings is 1. The molecule has 18 heavy (non-hydrogen) atoms. The monoisotopic (exact) mass is 249 g/mol. The second kappa shape index (κ2) is 6.51. The number of nitrogens with zero attached hydrogens (tertiary/aromatic N) is 1. The van der Waals surface area contributed by atoms with Gasteiger partial charge in [-0.05, 0) is 0 Å². The van der Waals surface area contributed by atoms with Crippen LogP contribution in [-0.2, 0) is 9.59 Å². The number of carbonyl (C=O) groups is 3. The first kappa shape index (κ1) is 13.9. The summed E-state index contributed by atoms with van der Waals surface area (Å²) in [5, 5.41) is 0. The number of primary amides is 2. The highest BCUT2D eigenvalue weighted by Gasteiger charge is 2.16. The van der Waals surface area contributed by atoms with Gasteiger partial charge < -0.3 is 11.5 Å². The quantitative estimate of drug-likeness (QED) is 0.613. The number of rotatable bonds is 7. The molecule has 96 valence electrons. The molecule has 0 aliphatic carbocycles. The average molecular weight is 249 g/mol. The summed E-state index contributed by atoms with van der Waals surface area (Å²) in [7, 11) is 0. The standard InChI is InChI=1S/C12H15N3O3/c13-11(17)7-15(8-12(14)18)6-10(16)9-4-2-1-3-5-9/h1-5H,6-8H2,(H2,13,17)(H2,14,18). The van der Waals surface area contributed by atoms with Crippen molar-refractivity contribution < 1.29 is 14.4 Å². The van der Waals surface area contributed by atoms with Gasteiger partial charge in [-0.2, -0.15) is 0 Å². The molecule has 6 heteroatoms. The third-order valence-electron chi connectivity index (χ3n) is 2.22. The van der Waals surface area contributed by atoms with Gasteiger partial charge in [-0.25, -0.2) is 0 Å². The van der Waals surface area contributed by atoms with Crippen LogP contribution in [0, 0.1) is 0 Å². The molecular weight excluding hydrogens is 234 g/mol. The molecule has 1 aromatic carbocycles. The maximum absolute atomic E-state index is 11.9.